The molecule has 0 atom stereocenters. The van der Waals surface area contributed by atoms with E-state index in [1.165, 1.54) is 12.3 Å². The Hall–Kier alpha value is -2.32. The average Bonchev–Trinajstić information content (AvgIpc) is 2.49. The molecule has 2 N–H and O–H groups in total. The van der Waals surface area contributed by atoms with Crippen LogP contribution in [0.4, 0.5) is 16.3 Å². The summed E-state index contributed by atoms with van der Waals surface area (Å²) in [4.78, 5) is 15.9. The van der Waals surface area contributed by atoms with E-state index in [1.807, 2.05) is 0 Å². The highest BCUT2D eigenvalue weighted by Gasteiger charge is 2.21. The van der Waals surface area contributed by atoms with Crippen molar-refractivity contribution in [3.05, 3.63) is 47.1 Å². The summed E-state index contributed by atoms with van der Waals surface area (Å²) in [5.41, 5.74) is 0.119. The Bertz CT molecular complexity index is 907. The number of rotatable bonds is 4. The topological polar surface area (TPSA) is 97.4 Å². The Labute approximate surface area is 157 Å². The molecule has 0 saturated heterocycles. The van der Waals surface area contributed by atoms with Crippen molar-refractivity contribution in [2.45, 2.75) is 38.2 Å². The van der Waals surface area contributed by atoms with Gasteiger partial charge in [-0.25, -0.2) is 18.2 Å². The van der Waals surface area contributed by atoms with Crippen LogP contribution in [0.25, 0.3) is 0 Å². The number of anilines is 2. The van der Waals surface area contributed by atoms with Gasteiger partial charge in [-0.1, -0.05) is 11.6 Å². The summed E-state index contributed by atoms with van der Waals surface area (Å²) in [5, 5.41) is 2.92. The smallest absolute Gasteiger partial charge is 0.413 e. The van der Waals surface area contributed by atoms with Gasteiger partial charge in [-0.3, -0.25) is 10.0 Å². The van der Waals surface area contributed by atoms with Gasteiger partial charge in [-0.15, -0.1) is 0 Å². The molecule has 2 aromatic rings. The minimum atomic E-state index is -3.88. The average molecular weight is 398 g/mol. The number of amides is 1. The number of pyridine rings is 1. The van der Waals surface area contributed by atoms with Gasteiger partial charge in [0.25, 0.3) is 10.0 Å². The lowest BCUT2D eigenvalue weighted by molar-refractivity contribution is 0.0635. The minimum absolute atomic E-state index is 0.00601. The molecule has 7 nitrogen and oxygen atoms in total. The number of sulfonamides is 1. The van der Waals surface area contributed by atoms with Gasteiger partial charge in [-0.05, 0) is 57.5 Å². The van der Waals surface area contributed by atoms with Crippen molar-refractivity contribution in [3.63, 3.8) is 0 Å². The minimum Gasteiger partial charge on any atom is -0.444 e. The summed E-state index contributed by atoms with van der Waals surface area (Å²) in [6, 6.07) is 7.53. The Morgan fingerprint density at radius 1 is 1.19 bits per heavy atom. The van der Waals surface area contributed by atoms with Gasteiger partial charge >= 0.3 is 6.09 Å². The Morgan fingerprint density at radius 2 is 1.81 bits per heavy atom. The molecule has 1 aromatic heterocycles. The standard InChI is InChI=1S/C17H20ClN3O4S/c1-11-10-19-15(20-16(22)25-17(2,3)4)9-14(11)26(23,24)21-13-7-5-12(18)6-8-13/h5-10,21H,1-4H3,(H,19,20,22). The van der Waals surface area contributed by atoms with Crippen LogP contribution >= 0.6 is 11.6 Å². The highest BCUT2D eigenvalue weighted by atomic mass is 35.5. The molecular weight excluding hydrogens is 378 g/mol. The van der Waals surface area contributed by atoms with Gasteiger partial charge < -0.3 is 4.74 Å². The van der Waals surface area contributed by atoms with E-state index in [-0.39, 0.29) is 10.7 Å². The number of carbonyl (C=O) groups excluding carboxylic acids is 1. The van der Waals surface area contributed by atoms with Crippen LogP contribution in [0.1, 0.15) is 26.3 Å². The first-order valence-electron chi connectivity index (χ1n) is 7.71. The summed E-state index contributed by atoms with van der Waals surface area (Å²) in [6.07, 6.45) is 0.645. The molecule has 9 heteroatoms. The van der Waals surface area contributed by atoms with Crippen molar-refractivity contribution in [2.75, 3.05) is 10.0 Å². The summed E-state index contributed by atoms with van der Waals surface area (Å²) >= 11 is 5.80. The first-order chi connectivity index (χ1) is 12.0. The molecule has 0 aliphatic rings. The molecule has 140 valence electrons. The number of benzene rings is 1. The molecule has 0 saturated carbocycles. The number of aromatic nitrogens is 1. The van der Waals surface area contributed by atoms with Crippen molar-refractivity contribution in [3.8, 4) is 0 Å². The van der Waals surface area contributed by atoms with E-state index in [4.69, 9.17) is 16.3 Å². The van der Waals surface area contributed by atoms with E-state index in [1.54, 1.807) is 52.0 Å². The van der Waals surface area contributed by atoms with Crippen molar-refractivity contribution >= 4 is 39.2 Å². The Kier molecular flexibility index (Phi) is 5.77. The fourth-order valence-electron chi connectivity index (χ4n) is 2.00. The van der Waals surface area contributed by atoms with Crippen molar-refractivity contribution in [1.82, 2.24) is 4.98 Å². The van der Waals surface area contributed by atoms with Gasteiger partial charge in [-0.2, -0.15) is 0 Å². The Balaban J connectivity index is 2.25. The van der Waals surface area contributed by atoms with E-state index in [0.717, 1.165) is 0 Å². The lowest BCUT2D eigenvalue weighted by Crippen LogP contribution is -2.27. The Morgan fingerprint density at radius 3 is 2.38 bits per heavy atom. The molecule has 0 spiro atoms. The van der Waals surface area contributed by atoms with Crippen LogP contribution in [-0.2, 0) is 14.8 Å². The van der Waals surface area contributed by atoms with E-state index in [2.05, 4.69) is 15.0 Å². The highest BCUT2D eigenvalue weighted by Crippen LogP contribution is 2.22. The lowest BCUT2D eigenvalue weighted by atomic mass is 10.2. The second-order valence-electron chi connectivity index (χ2n) is 6.57. The molecule has 0 aliphatic carbocycles. The zero-order valence-electron chi connectivity index (χ0n) is 14.8. The molecule has 0 radical (unpaired) electrons. The number of nitrogens with one attached hydrogen (secondary N) is 2. The second kappa shape index (κ2) is 7.51. The number of hydrogen-bond donors (Lipinski definition) is 2. The SMILES string of the molecule is Cc1cnc(NC(=O)OC(C)(C)C)cc1S(=O)(=O)Nc1ccc(Cl)cc1. The van der Waals surface area contributed by atoms with E-state index >= 15 is 0 Å². The van der Waals surface area contributed by atoms with Crippen LogP contribution in [-0.4, -0.2) is 25.1 Å². The van der Waals surface area contributed by atoms with Crippen LogP contribution in [0.2, 0.25) is 5.02 Å². The molecule has 2 rings (SSSR count). The maximum atomic E-state index is 12.7. The van der Waals surface area contributed by atoms with Crippen LogP contribution in [0.15, 0.2) is 41.4 Å². The summed E-state index contributed by atoms with van der Waals surface area (Å²) in [5.74, 6) is 0.0707. The van der Waals surface area contributed by atoms with Crippen LogP contribution < -0.4 is 10.0 Å². The quantitative estimate of drug-likeness (QED) is 0.806. The van der Waals surface area contributed by atoms with Crippen molar-refractivity contribution < 1.29 is 17.9 Å². The van der Waals surface area contributed by atoms with Crippen LogP contribution in [0.3, 0.4) is 0 Å². The van der Waals surface area contributed by atoms with Gasteiger partial charge in [0.15, 0.2) is 0 Å². The maximum absolute atomic E-state index is 12.7. The van der Waals surface area contributed by atoms with Crippen molar-refractivity contribution in [2.24, 2.45) is 0 Å². The molecule has 0 fully saturated rings. The largest absolute Gasteiger partial charge is 0.444 e. The third kappa shape index (κ3) is 5.60. The highest BCUT2D eigenvalue weighted by molar-refractivity contribution is 7.92. The zero-order chi connectivity index (χ0) is 19.5. The first kappa shape index (κ1) is 20.0. The fraction of sp³-hybridized carbons (Fsp3) is 0.294. The molecule has 26 heavy (non-hydrogen) atoms. The molecule has 0 bridgehead atoms. The van der Waals surface area contributed by atoms with Gasteiger partial charge in [0, 0.05) is 23.0 Å². The molecule has 1 heterocycles. The maximum Gasteiger partial charge on any atom is 0.413 e. The number of halogens is 1. The molecule has 0 aliphatic heterocycles. The molecular formula is C17H20ClN3O4S. The number of aryl methyl sites for hydroxylation is 1. The molecule has 1 aromatic carbocycles. The van der Waals surface area contributed by atoms with E-state index in [0.29, 0.717) is 16.3 Å². The predicted octanol–water partition coefficient (Wildman–Crippen LogP) is 4.19. The lowest BCUT2D eigenvalue weighted by Gasteiger charge is -2.19. The van der Waals surface area contributed by atoms with E-state index < -0.39 is 21.7 Å². The number of ether oxygens (including phenoxy) is 1. The van der Waals surface area contributed by atoms with E-state index in [9.17, 15) is 13.2 Å². The second-order valence-corrected chi connectivity index (χ2v) is 8.66. The predicted molar refractivity (Wildman–Crippen MR) is 101 cm³/mol. The van der Waals surface area contributed by atoms with Crippen molar-refractivity contribution in [1.29, 1.82) is 0 Å². The molecule has 1 amide bonds. The summed E-state index contributed by atoms with van der Waals surface area (Å²) < 4.78 is 32.9. The number of hydrogen-bond acceptors (Lipinski definition) is 5. The fourth-order valence-corrected chi connectivity index (χ4v) is 3.43. The summed E-state index contributed by atoms with van der Waals surface area (Å²) in [7, 11) is -3.88. The first-order valence-corrected chi connectivity index (χ1v) is 9.57. The number of carbonyl (C=O) groups is 1. The third-order valence-electron chi connectivity index (χ3n) is 3.07. The van der Waals surface area contributed by atoms with Crippen LogP contribution in [0.5, 0.6) is 0 Å². The van der Waals surface area contributed by atoms with Crippen LogP contribution in [0, 0.1) is 6.92 Å². The van der Waals surface area contributed by atoms with Gasteiger partial charge in [0.05, 0.1) is 4.90 Å². The zero-order valence-corrected chi connectivity index (χ0v) is 16.4. The number of nitrogens with zero attached hydrogens (tertiary/aromatic N) is 1. The summed E-state index contributed by atoms with van der Waals surface area (Å²) in [6.45, 7) is 6.78. The third-order valence-corrected chi connectivity index (χ3v) is 4.84. The monoisotopic (exact) mass is 397 g/mol. The van der Waals surface area contributed by atoms with Gasteiger partial charge in [0.2, 0.25) is 0 Å². The normalized spacial score (nSPS) is 11.7. The molecule has 0 unspecified atom stereocenters. The van der Waals surface area contributed by atoms with Gasteiger partial charge in [0.1, 0.15) is 11.4 Å².